The molecular formula is C23H29N3O4S2. The van der Waals surface area contributed by atoms with Gasteiger partial charge in [0.1, 0.15) is 6.04 Å². The monoisotopic (exact) mass is 475 g/mol. The largest absolute Gasteiger partial charge is 0.351 e. The van der Waals surface area contributed by atoms with Crippen LogP contribution in [-0.2, 0) is 26.2 Å². The topological polar surface area (TPSA) is 95.6 Å². The van der Waals surface area contributed by atoms with Crippen LogP contribution in [0.5, 0.6) is 0 Å². The lowest BCUT2D eigenvalue weighted by molar-refractivity contribution is -0.123. The predicted molar refractivity (Wildman–Crippen MR) is 128 cm³/mol. The molecule has 0 aliphatic carbocycles. The summed E-state index contributed by atoms with van der Waals surface area (Å²) in [6.45, 7) is 0.949. The lowest BCUT2D eigenvalue weighted by Gasteiger charge is -2.27. The standard InChI is InChI=1S/C23H29N3O4S2/c1-31-15-13-21(25-32(29,30)20-10-3-2-4-11-20)23(28)24-17-18-8-7-9-19(16-18)26-14-6-5-12-22(26)27/h2-4,7-11,16,21,25H,5-6,12-15,17H2,1H3,(H,24,28). The Hall–Kier alpha value is -2.36. The number of carbonyl (C=O) groups is 2. The van der Waals surface area contributed by atoms with Gasteiger partial charge in [0.05, 0.1) is 4.90 Å². The molecule has 2 aromatic rings. The molecule has 1 heterocycles. The third kappa shape index (κ3) is 6.57. The van der Waals surface area contributed by atoms with Crippen molar-refractivity contribution in [2.75, 3.05) is 23.5 Å². The molecule has 0 aromatic heterocycles. The quantitative estimate of drug-likeness (QED) is 0.551. The third-order valence-corrected chi connectivity index (χ3v) is 7.42. The van der Waals surface area contributed by atoms with E-state index in [1.807, 2.05) is 30.5 Å². The number of sulfonamides is 1. The van der Waals surface area contributed by atoms with Gasteiger partial charge in [0, 0.05) is 25.2 Å². The summed E-state index contributed by atoms with van der Waals surface area (Å²) in [5, 5.41) is 2.84. The van der Waals surface area contributed by atoms with Crippen LogP contribution in [0.1, 0.15) is 31.2 Å². The van der Waals surface area contributed by atoms with Crippen molar-refractivity contribution >= 4 is 39.3 Å². The summed E-state index contributed by atoms with van der Waals surface area (Å²) in [7, 11) is -3.81. The minimum atomic E-state index is -3.81. The summed E-state index contributed by atoms with van der Waals surface area (Å²) in [5.74, 6) is 0.380. The fourth-order valence-corrected chi connectivity index (χ4v) is 5.28. The first-order valence-electron chi connectivity index (χ1n) is 10.6. The van der Waals surface area contributed by atoms with Gasteiger partial charge in [0.15, 0.2) is 0 Å². The van der Waals surface area contributed by atoms with Crippen molar-refractivity contribution in [1.29, 1.82) is 0 Å². The number of nitrogens with zero attached hydrogens (tertiary/aromatic N) is 1. The Morgan fingerprint density at radius 3 is 2.62 bits per heavy atom. The molecule has 1 unspecified atom stereocenters. The highest BCUT2D eigenvalue weighted by Gasteiger charge is 2.25. The number of benzene rings is 2. The van der Waals surface area contributed by atoms with Crippen LogP contribution in [0, 0.1) is 0 Å². The molecule has 1 fully saturated rings. The van der Waals surface area contributed by atoms with E-state index in [1.165, 1.54) is 12.1 Å². The molecule has 3 rings (SSSR count). The zero-order valence-electron chi connectivity index (χ0n) is 18.1. The molecule has 7 nitrogen and oxygen atoms in total. The molecule has 1 aliphatic rings. The Morgan fingerprint density at radius 2 is 1.91 bits per heavy atom. The Kier molecular flexibility index (Phi) is 8.72. The Labute approximate surface area is 194 Å². The summed E-state index contributed by atoms with van der Waals surface area (Å²) >= 11 is 1.55. The van der Waals surface area contributed by atoms with Crippen molar-refractivity contribution in [1.82, 2.24) is 10.0 Å². The van der Waals surface area contributed by atoms with E-state index in [0.717, 1.165) is 24.1 Å². The fourth-order valence-electron chi connectivity index (χ4n) is 3.56. The molecule has 1 atom stereocenters. The smallest absolute Gasteiger partial charge is 0.241 e. The van der Waals surface area contributed by atoms with E-state index in [4.69, 9.17) is 0 Å². The van der Waals surface area contributed by atoms with Crippen LogP contribution >= 0.6 is 11.8 Å². The van der Waals surface area contributed by atoms with Gasteiger partial charge >= 0.3 is 0 Å². The molecule has 2 amide bonds. The average Bonchev–Trinajstić information content (AvgIpc) is 2.81. The van der Waals surface area contributed by atoms with Gasteiger partial charge in [0.2, 0.25) is 21.8 Å². The van der Waals surface area contributed by atoms with Crippen LogP contribution in [0.25, 0.3) is 0 Å². The number of hydrogen-bond acceptors (Lipinski definition) is 5. The van der Waals surface area contributed by atoms with Crippen molar-refractivity contribution in [3.8, 4) is 0 Å². The van der Waals surface area contributed by atoms with Gasteiger partial charge in [-0.15, -0.1) is 0 Å². The van der Waals surface area contributed by atoms with Gasteiger partial charge in [-0.05, 0) is 61.1 Å². The number of thioether (sulfide) groups is 1. The summed E-state index contributed by atoms with van der Waals surface area (Å²) < 4.78 is 27.9. The highest BCUT2D eigenvalue weighted by Crippen LogP contribution is 2.22. The van der Waals surface area contributed by atoms with E-state index in [0.29, 0.717) is 25.1 Å². The van der Waals surface area contributed by atoms with Crippen molar-refractivity contribution < 1.29 is 18.0 Å². The van der Waals surface area contributed by atoms with Gasteiger partial charge < -0.3 is 10.2 Å². The Balaban J connectivity index is 1.66. The molecule has 0 radical (unpaired) electrons. The van der Waals surface area contributed by atoms with Crippen molar-refractivity contribution in [2.45, 2.75) is 43.2 Å². The molecule has 2 aromatic carbocycles. The summed E-state index contributed by atoms with van der Waals surface area (Å²) in [6, 6.07) is 14.7. The second-order valence-electron chi connectivity index (χ2n) is 7.66. The minimum Gasteiger partial charge on any atom is -0.351 e. The second-order valence-corrected chi connectivity index (χ2v) is 10.4. The number of anilines is 1. The zero-order chi connectivity index (χ0) is 23.0. The maximum atomic E-state index is 12.9. The van der Waals surface area contributed by atoms with Crippen molar-refractivity contribution in [3.05, 3.63) is 60.2 Å². The molecule has 1 aliphatic heterocycles. The van der Waals surface area contributed by atoms with Crippen LogP contribution < -0.4 is 14.9 Å². The van der Waals surface area contributed by atoms with Crippen LogP contribution in [0.4, 0.5) is 5.69 Å². The highest BCUT2D eigenvalue weighted by atomic mass is 32.2. The van der Waals surface area contributed by atoms with Crippen molar-refractivity contribution in [3.63, 3.8) is 0 Å². The second kappa shape index (κ2) is 11.5. The van der Waals surface area contributed by atoms with E-state index in [2.05, 4.69) is 10.0 Å². The molecule has 0 saturated carbocycles. The Bertz CT molecular complexity index is 1030. The molecule has 172 valence electrons. The van der Waals surface area contributed by atoms with Gasteiger partial charge in [-0.1, -0.05) is 30.3 Å². The third-order valence-electron chi connectivity index (χ3n) is 5.29. The normalized spacial score (nSPS) is 15.4. The van der Waals surface area contributed by atoms with E-state index >= 15 is 0 Å². The molecule has 32 heavy (non-hydrogen) atoms. The number of hydrogen-bond donors (Lipinski definition) is 2. The van der Waals surface area contributed by atoms with E-state index < -0.39 is 16.1 Å². The summed E-state index contributed by atoms with van der Waals surface area (Å²) in [6.07, 6.45) is 4.74. The molecule has 9 heteroatoms. The van der Waals surface area contributed by atoms with E-state index in [1.54, 1.807) is 34.9 Å². The molecule has 1 saturated heterocycles. The number of piperidine rings is 1. The van der Waals surface area contributed by atoms with Crippen molar-refractivity contribution in [2.24, 2.45) is 0 Å². The van der Waals surface area contributed by atoms with Gasteiger partial charge in [-0.2, -0.15) is 16.5 Å². The van der Waals surface area contributed by atoms with E-state index in [-0.39, 0.29) is 23.3 Å². The zero-order valence-corrected chi connectivity index (χ0v) is 19.8. The number of nitrogens with one attached hydrogen (secondary N) is 2. The van der Waals surface area contributed by atoms with Crippen LogP contribution in [0.2, 0.25) is 0 Å². The summed E-state index contributed by atoms with van der Waals surface area (Å²) in [5.41, 5.74) is 1.67. The Morgan fingerprint density at radius 1 is 1.12 bits per heavy atom. The summed E-state index contributed by atoms with van der Waals surface area (Å²) in [4.78, 5) is 27.0. The minimum absolute atomic E-state index is 0.116. The maximum Gasteiger partial charge on any atom is 0.241 e. The SMILES string of the molecule is CSCCC(NS(=O)(=O)c1ccccc1)C(=O)NCc1cccc(N2CCCCC2=O)c1. The van der Waals surface area contributed by atoms with Crippen LogP contribution in [0.3, 0.4) is 0 Å². The van der Waals surface area contributed by atoms with Crippen LogP contribution in [-0.4, -0.2) is 44.8 Å². The lowest BCUT2D eigenvalue weighted by Crippen LogP contribution is -2.46. The molecule has 0 bridgehead atoms. The van der Waals surface area contributed by atoms with Gasteiger partial charge in [-0.3, -0.25) is 9.59 Å². The molecule has 2 N–H and O–H groups in total. The predicted octanol–water partition coefficient (Wildman–Crippen LogP) is 2.92. The first-order valence-corrected chi connectivity index (χ1v) is 13.5. The number of rotatable bonds is 10. The van der Waals surface area contributed by atoms with Gasteiger partial charge in [0.25, 0.3) is 0 Å². The molecular weight excluding hydrogens is 446 g/mol. The van der Waals surface area contributed by atoms with Crippen LogP contribution in [0.15, 0.2) is 59.5 Å². The maximum absolute atomic E-state index is 12.9. The van der Waals surface area contributed by atoms with E-state index in [9.17, 15) is 18.0 Å². The van der Waals surface area contributed by atoms with Gasteiger partial charge in [-0.25, -0.2) is 8.42 Å². The average molecular weight is 476 g/mol. The first kappa shape index (κ1) is 24.3. The number of amides is 2. The molecule has 0 spiro atoms. The fraction of sp³-hybridized carbons (Fsp3) is 0.391. The highest BCUT2D eigenvalue weighted by molar-refractivity contribution is 7.98. The number of carbonyl (C=O) groups excluding carboxylic acids is 2. The first-order chi connectivity index (χ1) is 15.4. The lowest BCUT2D eigenvalue weighted by atomic mass is 10.1.